The Morgan fingerprint density at radius 1 is 1.05 bits per heavy atom. The summed E-state index contributed by atoms with van der Waals surface area (Å²) >= 11 is 0. The van der Waals surface area contributed by atoms with Gasteiger partial charge in [0.25, 0.3) is 0 Å². The van der Waals surface area contributed by atoms with E-state index in [9.17, 15) is 20.1 Å². The average Bonchev–Trinajstić information content (AvgIpc) is 2.56. The second-order valence-corrected chi connectivity index (χ2v) is 4.67. The number of benzene rings is 1. The normalized spacial score (nSPS) is 17.0. The molecule has 0 saturated heterocycles. The maximum Gasteiger partial charge on any atom is 0.330 e. The molecule has 4 atom stereocenters. The van der Waals surface area contributed by atoms with Crippen molar-refractivity contribution in [3.8, 4) is 0 Å². The summed E-state index contributed by atoms with van der Waals surface area (Å²) < 4.78 is 4.72. The second-order valence-electron chi connectivity index (χ2n) is 4.67. The summed E-state index contributed by atoms with van der Waals surface area (Å²) in [5.41, 5.74) is 0.793. The average molecular weight is 312 g/mol. The summed E-state index contributed by atoms with van der Waals surface area (Å²) in [6, 6.07) is 9.02. The first-order chi connectivity index (χ1) is 10.5. The molecule has 1 rings (SSSR count). The molecular weight excluding hydrogens is 292 g/mol. The summed E-state index contributed by atoms with van der Waals surface area (Å²) in [6.45, 7) is -1.33. The molecule has 0 aliphatic carbocycles. The smallest absolute Gasteiger partial charge is 0.330 e. The molecule has 0 amide bonds. The molecule has 122 valence electrons. The molecule has 1 aromatic rings. The largest absolute Gasteiger partial charge is 0.460 e. The summed E-state index contributed by atoms with van der Waals surface area (Å²) in [5, 5.41) is 46.3. The van der Waals surface area contributed by atoms with E-state index in [2.05, 4.69) is 0 Å². The lowest BCUT2D eigenvalue weighted by molar-refractivity contribution is -0.151. The van der Waals surface area contributed by atoms with Gasteiger partial charge >= 0.3 is 5.97 Å². The zero-order chi connectivity index (χ0) is 16.5. The van der Waals surface area contributed by atoms with Crippen molar-refractivity contribution >= 4 is 12.0 Å². The first-order valence-corrected chi connectivity index (χ1v) is 6.68. The molecule has 0 spiro atoms. The highest BCUT2D eigenvalue weighted by Crippen LogP contribution is 2.06. The fraction of sp³-hybridized carbons (Fsp3) is 0.400. The van der Waals surface area contributed by atoms with Crippen LogP contribution in [0.3, 0.4) is 0 Å². The fourth-order valence-electron chi connectivity index (χ4n) is 1.61. The summed E-state index contributed by atoms with van der Waals surface area (Å²) in [5.74, 6) is -0.729. The third-order valence-corrected chi connectivity index (χ3v) is 2.93. The first kappa shape index (κ1) is 18.3. The van der Waals surface area contributed by atoms with Gasteiger partial charge in [-0.1, -0.05) is 30.3 Å². The SMILES string of the molecule is O=C(/C=C/c1ccccc1)OC[C@H](O)[C@H](O)[C@@H](O)[C@H](O)CO. The highest BCUT2D eigenvalue weighted by Gasteiger charge is 2.30. The Balaban J connectivity index is 2.41. The van der Waals surface area contributed by atoms with Gasteiger partial charge < -0.3 is 30.3 Å². The molecule has 0 heterocycles. The summed E-state index contributed by atoms with van der Waals surface area (Å²) in [7, 11) is 0. The molecule has 5 N–H and O–H groups in total. The topological polar surface area (TPSA) is 127 Å². The minimum absolute atomic E-state index is 0.561. The van der Waals surface area contributed by atoms with Gasteiger partial charge in [0.15, 0.2) is 0 Å². The molecular formula is C15H20O7. The molecule has 0 saturated carbocycles. The van der Waals surface area contributed by atoms with E-state index in [1.807, 2.05) is 6.07 Å². The van der Waals surface area contributed by atoms with Crippen LogP contribution in [0, 0.1) is 0 Å². The number of ether oxygens (including phenoxy) is 1. The number of hydrogen-bond acceptors (Lipinski definition) is 7. The van der Waals surface area contributed by atoms with Crippen molar-refractivity contribution in [1.29, 1.82) is 0 Å². The van der Waals surface area contributed by atoms with E-state index in [0.717, 1.165) is 11.6 Å². The molecule has 0 radical (unpaired) electrons. The predicted octanol–water partition coefficient (Wildman–Crippen LogP) is -1.32. The predicted molar refractivity (Wildman–Crippen MR) is 77.5 cm³/mol. The number of rotatable bonds is 8. The van der Waals surface area contributed by atoms with E-state index >= 15 is 0 Å². The van der Waals surface area contributed by atoms with Crippen molar-refractivity contribution in [2.75, 3.05) is 13.2 Å². The van der Waals surface area contributed by atoms with Crippen LogP contribution in [-0.2, 0) is 9.53 Å². The zero-order valence-electron chi connectivity index (χ0n) is 11.8. The highest BCUT2D eigenvalue weighted by molar-refractivity contribution is 5.87. The molecule has 7 heteroatoms. The van der Waals surface area contributed by atoms with E-state index < -0.39 is 43.6 Å². The molecule has 0 aromatic heterocycles. The minimum atomic E-state index is -1.76. The van der Waals surface area contributed by atoms with Crippen LogP contribution in [0.1, 0.15) is 5.56 Å². The van der Waals surface area contributed by atoms with Crippen LogP contribution in [0.2, 0.25) is 0 Å². The van der Waals surface area contributed by atoms with E-state index in [1.165, 1.54) is 6.08 Å². The quantitative estimate of drug-likeness (QED) is 0.297. The molecule has 22 heavy (non-hydrogen) atoms. The highest BCUT2D eigenvalue weighted by atomic mass is 16.5. The Morgan fingerprint density at radius 3 is 2.23 bits per heavy atom. The number of carbonyl (C=O) groups is 1. The van der Waals surface area contributed by atoms with Crippen molar-refractivity contribution in [2.45, 2.75) is 24.4 Å². The van der Waals surface area contributed by atoms with Crippen LogP contribution in [0.15, 0.2) is 36.4 Å². The Morgan fingerprint density at radius 2 is 1.64 bits per heavy atom. The Hall–Kier alpha value is -1.77. The lowest BCUT2D eigenvalue weighted by Crippen LogP contribution is -2.47. The second kappa shape index (κ2) is 9.29. The Kier molecular flexibility index (Phi) is 7.72. The monoisotopic (exact) mass is 312 g/mol. The van der Waals surface area contributed by atoms with Crippen LogP contribution in [0.25, 0.3) is 6.08 Å². The van der Waals surface area contributed by atoms with Gasteiger partial charge in [0.05, 0.1) is 6.61 Å². The molecule has 0 bridgehead atoms. The van der Waals surface area contributed by atoms with Gasteiger partial charge in [-0.25, -0.2) is 4.79 Å². The van der Waals surface area contributed by atoms with Gasteiger partial charge in [-0.3, -0.25) is 0 Å². The summed E-state index contributed by atoms with van der Waals surface area (Å²) in [6.07, 6.45) is -4.02. The molecule has 0 aliphatic heterocycles. The van der Waals surface area contributed by atoms with E-state index in [4.69, 9.17) is 14.9 Å². The van der Waals surface area contributed by atoms with Gasteiger partial charge in [-0.05, 0) is 11.6 Å². The van der Waals surface area contributed by atoms with E-state index in [1.54, 1.807) is 24.3 Å². The van der Waals surface area contributed by atoms with Gasteiger partial charge in [0, 0.05) is 6.08 Å². The first-order valence-electron chi connectivity index (χ1n) is 6.68. The molecule has 0 unspecified atom stereocenters. The van der Waals surface area contributed by atoms with E-state index in [0.29, 0.717) is 0 Å². The van der Waals surface area contributed by atoms with Crippen LogP contribution in [-0.4, -0.2) is 69.1 Å². The van der Waals surface area contributed by atoms with Crippen LogP contribution < -0.4 is 0 Å². The third-order valence-electron chi connectivity index (χ3n) is 2.93. The number of carbonyl (C=O) groups excluding carboxylic acids is 1. The van der Waals surface area contributed by atoms with Crippen molar-refractivity contribution in [2.24, 2.45) is 0 Å². The fourth-order valence-corrected chi connectivity index (χ4v) is 1.61. The lowest BCUT2D eigenvalue weighted by atomic mass is 10.0. The van der Waals surface area contributed by atoms with Crippen molar-refractivity contribution in [3.05, 3.63) is 42.0 Å². The number of hydrogen-bond donors (Lipinski definition) is 5. The number of aliphatic hydroxyl groups excluding tert-OH is 5. The third kappa shape index (κ3) is 5.92. The van der Waals surface area contributed by atoms with Crippen LogP contribution in [0.4, 0.5) is 0 Å². The molecule has 7 nitrogen and oxygen atoms in total. The van der Waals surface area contributed by atoms with Crippen molar-refractivity contribution < 1.29 is 35.1 Å². The van der Waals surface area contributed by atoms with E-state index in [-0.39, 0.29) is 0 Å². The maximum absolute atomic E-state index is 11.4. The van der Waals surface area contributed by atoms with Gasteiger partial charge in [0.1, 0.15) is 31.0 Å². The number of aliphatic hydroxyl groups is 5. The lowest BCUT2D eigenvalue weighted by Gasteiger charge is -2.25. The zero-order valence-corrected chi connectivity index (χ0v) is 11.8. The number of esters is 1. The standard InChI is InChI=1S/C15H20O7/c16-8-11(17)14(20)15(21)12(18)9-22-13(19)7-6-10-4-2-1-3-5-10/h1-7,11-12,14-18,20-21H,8-9H2/b7-6+/t11-,12+,14+,15+/m1/s1. The molecule has 0 fully saturated rings. The van der Waals surface area contributed by atoms with Gasteiger partial charge in [-0.2, -0.15) is 0 Å². The van der Waals surface area contributed by atoms with Crippen LogP contribution in [0.5, 0.6) is 0 Å². The van der Waals surface area contributed by atoms with Gasteiger partial charge in [0.2, 0.25) is 0 Å². The molecule has 1 aromatic carbocycles. The maximum atomic E-state index is 11.4. The Labute approximate surface area is 127 Å². The Bertz CT molecular complexity index is 474. The van der Waals surface area contributed by atoms with Crippen molar-refractivity contribution in [1.82, 2.24) is 0 Å². The van der Waals surface area contributed by atoms with Crippen molar-refractivity contribution in [3.63, 3.8) is 0 Å². The minimum Gasteiger partial charge on any atom is -0.460 e. The summed E-state index contributed by atoms with van der Waals surface area (Å²) in [4.78, 5) is 11.4. The molecule has 0 aliphatic rings. The van der Waals surface area contributed by atoms with Crippen LogP contribution >= 0.6 is 0 Å². The van der Waals surface area contributed by atoms with Gasteiger partial charge in [-0.15, -0.1) is 0 Å².